The molecule has 0 saturated heterocycles. The van der Waals surface area contributed by atoms with E-state index in [0.717, 1.165) is 11.1 Å². The third kappa shape index (κ3) is 6.66. The van der Waals surface area contributed by atoms with Crippen LogP contribution in [0.3, 0.4) is 0 Å². The van der Waals surface area contributed by atoms with Crippen LogP contribution in [0.2, 0.25) is 0 Å². The number of hydrogen-bond acceptors (Lipinski definition) is 4. The molecule has 1 atom stereocenters. The highest BCUT2D eigenvalue weighted by Gasteiger charge is 2.17. The van der Waals surface area contributed by atoms with E-state index in [-0.39, 0.29) is 17.5 Å². The van der Waals surface area contributed by atoms with Crippen molar-refractivity contribution in [2.24, 2.45) is 0 Å². The first-order valence-corrected chi connectivity index (χ1v) is 8.82. The van der Waals surface area contributed by atoms with Gasteiger partial charge in [-0.3, -0.25) is 9.78 Å². The summed E-state index contributed by atoms with van der Waals surface area (Å²) in [5, 5.41) is 13.1. The van der Waals surface area contributed by atoms with Crippen molar-refractivity contribution in [1.29, 1.82) is 0 Å². The Labute approximate surface area is 164 Å². The molecule has 1 aromatic heterocycles. The van der Waals surface area contributed by atoms with Gasteiger partial charge in [0.1, 0.15) is 0 Å². The minimum atomic E-state index is -1.11. The number of rotatable bonds is 5. The van der Waals surface area contributed by atoms with Crippen LogP contribution >= 0.6 is 0 Å². The molecule has 0 aliphatic rings. The van der Waals surface area contributed by atoms with Gasteiger partial charge in [-0.25, -0.2) is 0 Å². The van der Waals surface area contributed by atoms with Gasteiger partial charge in [-0.15, -0.1) is 0 Å². The molecule has 2 aromatic carbocycles. The van der Waals surface area contributed by atoms with Crippen LogP contribution in [0.1, 0.15) is 21.5 Å². The summed E-state index contributed by atoms with van der Waals surface area (Å²) in [6.07, 6.45) is 3.92. The predicted octanol–water partition coefficient (Wildman–Crippen LogP) is 1.23. The lowest BCUT2D eigenvalue weighted by atomic mass is 10.1. The van der Waals surface area contributed by atoms with Gasteiger partial charge in [0, 0.05) is 18.2 Å². The molecule has 28 heavy (non-hydrogen) atoms. The van der Waals surface area contributed by atoms with Gasteiger partial charge in [-0.1, -0.05) is 54.6 Å². The first-order valence-electron chi connectivity index (χ1n) is 8.82. The second-order valence-electron chi connectivity index (χ2n) is 6.22. The van der Waals surface area contributed by atoms with Gasteiger partial charge < -0.3 is 21.0 Å². The number of aromatic nitrogens is 1. The van der Waals surface area contributed by atoms with Gasteiger partial charge in [0.15, 0.2) is 6.04 Å². The highest BCUT2D eigenvalue weighted by Crippen LogP contribution is 2.06. The fraction of sp³-hybridized carbons (Fsp3) is 0.136. The van der Waals surface area contributed by atoms with Crippen LogP contribution in [0.4, 0.5) is 5.69 Å². The summed E-state index contributed by atoms with van der Waals surface area (Å²) in [5.74, 6) is -1.20. The number of pyridine rings is 1. The van der Waals surface area contributed by atoms with E-state index in [0.29, 0.717) is 12.1 Å². The van der Waals surface area contributed by atoms with E-state index >= 15 is 0 Å². The van der Waals surface area contributed by atoms with Crippen molar-refractivity contribution in [3.05, 3.63) is 95.8 Å². The molecule has 1 amide bonds. The zero-order valence-electron chi connectivity index (χ0n) is 15.7. The van der Waals surface area contributed by atoms with Crippen molar-refractivity contribution in [1.82, 2.24) is 4.98 Å². The molecule has 0 aliphatic carbocycles. The molecule has 0 radical (unpaired) electrons. The first kappa shape index (κ1) is 20.8. The van der Waals surface area contributed by atoms with Crippen molar-refractivity contribution in [2.75, 3.05) is 5.32 Å². The van der Waals surface area contributed by atoms with E-state index in [1.807, 2.05) is 30.3 Å². The second-order valence-corrected chi connectivity index (χ2v) is 6.22. The summed E-state index contributed by atoms with van der Waals surface area (Å²) in [5.41, 5.74) is 6.71. The number of nitrogens with one attached hydrogen (secondary N) is 1. The highest BCUT2D eigenvalue weighted by atomic mass is 16.4. The molecule has 0 bridgehead atoms. The van der Waals surface area contributed by atoms with E-state index in [1.165, 1.54) is 6.07 Å². The third-order valence-electron chi connectivity index (χ3n) is 3.99. The van der Waals surface area contributed by atoms with Gasteiger partial charge >= 0.3 is 0 Å². The minimum absolute atomic E-state index is 0.0909. The molecule has 0 fully saturated rings. The predicted molar refractivity (Wildman–Crippen MR) is 105 cm³/mol. The van der Waals surface area contributed by atoms with E-state index in [1.54, 1.807) is 49.6 Å². The molecule has 1 heterocycles. The van der Waals surface area contributed by atoms with E-state index in [4.69, 9.17) is 0 Å². The number of quaternary nitrogens is 1. The molecule has 0 aliphatic heterocycles. The third-order valence-corrected chi connectivity index (χ3v) is 3.99. The lowest BCUT2D eigenvalue weighted by molar-refractivity contribution is -0.402. The van der Waals surface area contributed by atoms with E-state index in [2.05, 4.69) is 16.0 Å². The Morgan fingerprint density at radius 3 is 2.29 bits per heavy atom. The average Bonchev–Trinajstić information content (AvgIpc) is 2.70. The van der Waals surface area contributed by atoms with Gasteiger partial charge in [0.25, 0.3) is 5.91 Å². The van der Waals surface area contributed by atoms with Crippen molar-refractivity contribution >= 4 is 17.6 Å². The lowest BCUT2D eigenvalue weighted by Gasteiger charge is -2.09. The number of aromatic carboxylic acids is 1. The molecular formula is C22H23N3O3. The number of carboxylic acids is 1. The number of carbonyl (C=O) groups is 2. The molecular weight excluding hydrogens is 354 g/mol. The van der Waals surface area contributed by atoms with E-state index in [9.17, 15) is 14.7 Å². The minimum Gasteiger partial charge on any atom is -0.545 e. The Morgan fingerprint density at radius 2 is 1.71 bits per heavy atom. The van der Waals surface area contributed by atoms with Crippen molar-refractivity contribution in [3.8, 4) is 0 Å². The van der Waals surface area contributed by atoms with Crippen LogP contribution in [0.25, 0.3) is 0 Å². The second kappa shape index (κ2) is 10.6. The maximum Gasteiger partial charge on any atom is 0.282 e. The number of hydrogen-bond donors (Lipinski definition) is 2. The van der Waals surface area contributed by atoms with Crippen LogP contribution in [0.5, 0.6) is 0 Å². The number of carbonyl (C=O) groups excluding carboxylic acids is 2. The summed E-state index contributed by atoms with van der Waals surface area (Å²) in [6, 6.07) is 19.9. The summed E-state index contributed by atoms with van der Waals surface area (Å²) in [4.78, 5) is 26.2. The Kier molecular flexibility index (Phi) is 7.87. The smallest absolute Gasteiger partial charge is 0.282 e. The molecule has 3 aromatic rings. The SMILES string of the molecule is Cc1ccccc1C(=O)[O-].[NH3+][C@@H](Cc1ccccc1)C(=O)Nc1cccnc1. The van der Waals surface area contributed by atoms with Crippen LogP contribution in [-0.2, 0) is 11.2 Å². The van der Waals surface area contributed by atoms with Crippen molar-refractivity contribution in [2.45, 2.75) is 19.4 Å². The normalized spacial score (nSPS) is 10.9. The molecule has 6 heteroatoms. The van der Waals surface area contributed by atoms with Gasteiger partial charge in [0.05, 0.1) is 17.9 Å². The van der Waals surface area contributed by atoms with Gasteiger partial charge in [-0.2, -0.15) is 0 Å². The number of nitrogens with zero attached hydrogens (tertiary/aromatic N) is 1. The van der Waals surface area contributed by atoms with Crippen LogP contribution in [0, 0.1) is 6.92 Å². The highest BCUT2D eigenvalue weighted by molar-refractivity contribution is 5.93. The Balaban J connectivity index is 0.000000237. The molecule has 3 rings (SSSR count). The average molecular weight is 377 g/mol. The lowest BCUT2D eigenvalue weighted by Crippen LogP contribution is -2.67. The zero-order valence-corrected chi connectivity index (χ0v) is 15.7. The number of aryl methyl sites for hydroxylation is 1. The molecule has 6 nitrogen and oxygen atoms in total. The number of carboxylic acid groups (broad SMARTS) is 1. The fourth-order valence-corrected chi connectivity index (χ4v) is 2.47. The summed E-state index contributed by atoms with van der Waals surface area (Å²) >= 11 is 0. The zero-order chi connectivity index (χ0) is 20.4. The molecule has 144 valence electrons. The van der Waals surface area contributed by atoms with Gasteiger partial charge in [0.2, 0.25) is 0 Å². The largest absolute Gasteiger partial charge is 0.545 e. The topological polar surface area (TPSA) is 110 Å². The van der Waals surface area contributed by atoms with Crippen LogP contribution in [0.15, 0.2) is 79.1 Å². The maximum atomic E-state index is 11.9. The fourth-order valence-electron chi connectivity index (χ4n) is 2.47. The summed E-state index contributed by atoms with van der Waals surface area (Å²) < 4.78 is 0. The van der Waals surface area contributed by atoms with E-state index < -0.39 is 5.97 Å². The Bertz CT molecular complexity index is 899. The molecule has 0 saturated carbocycles. The van der Waals surface area contributed by atoms with Crippen LogP contribution < -0.4 is 16.2 Å². The van der Waals surface area contributed by atoms with Crippen LogP contribution in [-0.4, -0.2) is 22.9 Å². The summed E-state index contributed by atoms with van der Waals surface area (Å²) in [6.45, 7) is 1.74. The molecule has 0 unspecified atom stereocenters. The van der Waals surface area contributed by atoms with Crippen molar-refractivity contribution in [3.63, 3.8) is 0 Å². The standard InChI is InChI=1S/C14H15N3O.C8H8O2/c15-13(9-11-5-2-1-3-6-11)14(18)17-12-7-4-8-16-10-12;1-6-4-2-3-5-7(6)8(9)10/h1-8,10,13H,9,15H2,(H,17,18);2-5H,1H3,(H,9,10)/t13-;/m0./s1. The summed E-state index contributed by atoms with van der Waals surface area (Å²) in [7, 11) is 0. The molecule has 0 spiro atoms. The first-order chi connectivity index (χ1) is 13.5. The monoisotopic (exact) mass is 377 g/mol. The Hall–Kier alpha value is -3.51. The van der Waals surface area contributed by atoms with Crippen molar-refractivity contribution < 1.29 is 20.4 Å². The molecule has 4 N–H and O–H groups in total. The number of benzene rings is 2. The maximum absolute atomic E-state index is 11.9. The number of anilines is 1. The Morgan fingerprint density at radius 1 is 1.04 bits per heavy atom. The van der Waals surface area contributed by atoms with Gasteiger partial charge in [-0.05, 0) is 30.2 Å². The quantitative estimate of drug-likeness (QED) is 0.697. The number of amides is 1.